The number of carbonyl (C=O) groups is 1. The minimum Gasteiger partial charge on any atom is -0.314 e. The summed E-state index contributed by atoms with van der Waals surface area (Å²) in [5, 5.41) is 5.46. The Hall–Kier alpha value is -2.55. The first-order chi connectivity index (χ1) is 9.78. The zero-order chi connectivity index (χ0) is 14.2. The summed E-state index contributed by atoms with van der Waals surface area (Å²) in [6.45, 7) is 2.10. The molecule has 0 bridgehead atoms. The smallest absolute Gasteiger partial charge is 0.314 e. The van der Waals surface area contributed by atoms with Crippen LogP contribution in [0.3, 0.4) is 0 Å². The molecule has 20 heavy (non-hydrogen) atoms. The number of aryl methyl sites for hydroxylation is 1. The lowest BCUT2D eigenvalue weighted by Crippen LogP contribution is -2.23. The molecule has 3 nitrogen and oxygen atoms in total. The average molecular weight is 266 g/mol. The molecule has 0 spiro atoms. The van der Waals surface area contributed by atoms with Crippen LogP contribution in [0.15, 0.2) is 60.8 Å². The lowest BCUT2D eigenvalue weighted by atomic mass is 10.1. The van der Waals surface area contributed by atoms with Crippen LogP contribution in [0.4, 0.5) is 10.5 Å². The summed E-state index contributed by atoms with van der Waals surface area (Å²) in [5.74, 6) is 0. The Labute approximate surface area is 119 Å². The van der Waals surface area contributed by atoms with E-state index in [1.807, 2.05) is 60.7 Å². The van der Waals surface area contributed by atoms with Gasteiger partial charge in [0, 0.05) is 11.9 Å². The van der Waals surface area contributed by atoms with Crippen LogP contribution in [-0.4, -0.2) is 6.03 Å². The van der Waals surface area contributed by atoms with E-state index in [0.29, 0.717) is 0 Å². The Balaban J connectivity index is 1.84. The lowest BCUT2D eigenvalue weighted by molar-refractivity contribution is 0.255. The molecule has 0 aliphatic rings. The Kier molecular flexibility index (Phi) is 4.95. The van der Waals surface area contributed by atoms with Crippen LogP contribution < -0.4 is 10.6 Å². The van der Waals surface area contributed by atoms with Crippen molar-refractivity contribution in [2.24, 2.45) is 0 Å². The standard InChI is InChI=1S/C17H18N2O/c1-2-14-8-10-16(11-9-14)19-17(20)18-13-12-15-6-4-3-5-7-15/h3-13H,2H2,1H3,(H2,18,19,20)/b13-12+. The van der Waals surface area contributed by atoms with Gasteiger partial charge < -0.3 is 10.6 Å². The van der Waals surface area contributed by atoms with Gasteiger partial charge in [-0.15, -0.1) is 0 Å². The first-order valence-corrected chi connectivity index (χ1v) is 6.66. The minimum absolute atomic E-state index is 0.249. The fourth-order valence-electron chi connectivity index (χ4n) is 1.77. The molecule has 0 saturated heterocycles. The Morgan fingerprint density at radius 1 is 1.05 bits per heavy atom. The van der Waals surface area contributed by atoms with Crippen LogP contribution in [0.1, 0.15) is 18.1 Å². The highest BCUT2D eigenvalue weighted by Crippen LogP contribution is 2.09. The maximum atomic E-state index is 11.7. The molecule has 0 aromatic heterocycles. The highest BCUT2D eigenvalue weighted by atomic mass is 16.2. The molecule has 2 amide bonds. The van der Waals surface area contributed by atoms with Crippen LogP contribution in [-0.2, 0) is 6.42 Å². The number of rotatable bonds is 4. The summed E-state index contributed by atoms with van der Waals surface area (Å²) in [4.78, 5) is 11.7. The van der Waals surface area contributed by atoms with Crippen molar-refractivity contribution in [3.05, 3.63) is 71.9 Å². The van der Waals surface area contributed by atoms with Gasteiger partial charge in [0.2, 0.25) is 0 Å². The molecule has 0 unspecified atom stereocenters. The van der Waals surface area contributed by atoms with E-state index in [1.165, 1.54) is 5.56 Å². The van der Waals surface area contributed by atoms with E-state index in [4.69, 9.17) is 0 Å². The SMILES string of the molecule is CCc1ccc(NC(=O)N/C=C/c2ccccc2)cc1. The van der Waals surface area contributed by atoms with Crippen molar-refractivity contribution in [2.45, 2.75) is 13.3 Å². The molecular weight excluding hydrogens is 248 g/mol. The van der Waals surface area contributed by atoms with Gasteiger partial charge in [-0.2, -0.15) is 0 Å². The number of amides is 2. The number of nitrogens with one attached hydrogen (secondary N) is 2. The second-order valence-corrected chi connectivity index (χ2v) is 4.39. The van der Waals surface area contributed by atoms with E-state index in [9.17, 15) is 4.79 Å². The molecular formula is C17H18N2O. The van der Waals surface area contributed by atoms with Crippen molar-refractivity contribution in [3.63, 3.8) is 0 Å². The molecule has 0 atom stereocenters. The van der Waals surface area contributed by atoms with Crippen LogP contribution in [0.5, 0.6) is 0 Å². The first-order valence-electron chi connectivity index (χ1n) is 6.66. The molecule has 2 N–H and O–H groups in total. The van der Waals surface area contributed by atoms with Gasteiger partial charge in [0.25, 0.3) is 0 Å². The predicted molar refractivity (Wildman–Crippen MR) is 83.5 cm³/mol. The molecule has 2 aromatic carbocycles. The summed E-state index contributed by atoms with van der Waals surface area (Å²) in [7, 11) is 0. The Morgan fingerprint density at radius 3 is 2.40 bits per heavy atom. The normalized spacial score (nSPS) is 10.4. The topological polar surface area (TPSA) is 41.1 Å². The summed E-state index contributed by atoms with van der Waals surface area (Å²) >= 11 is 0. The third kappa shape index (κ3) is 4.28. The fourth-order valence-corrected chi connectivity index (χ4v) is 1.77. The van der Waals surface area contributed by atoms with Gasteiger partial charge in [0.15, 0.2) is 0 Å². The van der Waals surface area contributed by atoms with Gasteiger partial charge in [-0.25, -0.2) is 4.79 Å². The predicted octanol–water partition coefficient (Wildman–Crippen LogP) is 4.04. The summed E-state index contributed by atoms with van der Waals surface area (Å²) in [6, 6.07) is 17.4. The van der Waals surface area contributed by atoms with Crippen molar-refractivity contribution in [3.8, 4) is 0 Å². The Bertz CT molecular complexity index is 574. The van der Waals surface area contributed by atoms with Gasteiger partial charge >= 0.3 is 6.03 Å². The molecule has 0 saturated carbocycles. The summed E-state index contributed by atoms with van der Waals surface area (Å²) in [5.41, 5.74) is 3.08. The van der Waals surface area contributed by atoms with E-state index in [-0.39, 0.29) is 6.03 Å². The Morgan fingerprint density at radius 2 is 1.75 bits per heavy atom. The van der Waals surface area contributed by atoms with Gasteiger partial charge in [-0.05, 0) is 35.8 Å². The van der Waals surface area contributed by atoms with E-state index >= 15 is 0 Å². The third-order valence-corrected chi connectivity index (χ3v) is 2.91. The molecule has 0 radical (unpaired) electrons. The first kappa shape index (κ1) is 13.9. The molecule has 3 heteroatoms. The lowest BCUT2D eigenvalue weighted by Gasteiger charge is -2.05. The van der Waals surface area contributed by atoms with Crippen LogP contribution in [0.25, 0.3) is 6.08 Å². The van der Waals surface area contributed by atoms with E-state index in [0.717, 1.165) is 17.7 Å². The molecule has 0 aliphatic carbocycles. The molecule has 2 aromatic rings. The summed E-state index contributed by atoms with van der Waals surface area (Å²) < 4.78 is 0. The van der Waals surface area contributed by atoms with Crippen LogP contribution in [0.2, 0.25) is 0 Å². The van der Waals surface area contributed by atoms with Crippen LogP contribution in [0, 0.1) is 0 Å². The number of hydrogen-bond donors (Lipinski definition) is 2. The van der Waals surface area contributed by atoms with Gasteiger partial charge in [-0.1, -0.05) is 49.4 Å². The highest BCUT2D eigenvalue weighted by molar-refractivity contribution is 5.90. The average Bonchev–Trinajstić information content (AvgIpc) is 2.49. The van der Waals surface area contributed by atoms with Crippen LogP contribution >= 0.6 is 0 Å². The maximum absolute atomic E-state index is 11.7. The molecule has 0 fully saturated rings. The fraction of sp³-hybridized carbons (Fsp3) is 0.118. The zero-order valence-electron chi connectivity index (χ0n) is 11.5. The van der Waals surface area contributed by atoms with E-state index < -0.39 is 0 Å². The number of anilines is 1. The molecule has 2 rings (SSSR count). The number of urea groups is 1. The molecule has 0 aliphatic heterocycles. The number of hydrogen-bond acceptors (Lipinski definition) is 1. The van der Waals surface area contributed by atoms with Gasteiger partial charge in [0.05, 0.1) is 0 Å². The molecule has 102 valence electrons. The quantitative estimate of drug-likeness (QED) is 0.861. The second-order valence-electron chi connectivity index (χ2n) is 4.39. The van der Waals surface area contributed by atoms with Gasteiger partial charge in [0.1, 0.15) is 0 Å². The minimum atomic E-state index is -0.249. The monoisotopic (exact) mass is 266 g/mol. The van der Waals surface area contributed by atoms with E-state index in [2.05, 4.69) is 17.6 Å². The third-order valence-electron chi connectivity index (χ3n) is 2.91. The summed E-state index contributed by atoms with van der Waals surface area (Å²) in [6.07, 6.45) is 4.47. The van der Waals surface area contributed by atoms with Crippen molar-refractivity contribution in [2.75, 3.05) is 5.32 Å². The van der Waals surface area contributed by atoms with Crippen molar-refractivity contribution >= 4 is 17.8 Å². The molecule has 0 heterocycles. The van der Waals surface area contributed by atoms with Crippen molar-refractivity contribution in [1.29, 1.82) is 0 Å². The second kappa shape index (κ2) is 7.14. The highest BCUT2D eigenvalue weighted by Gasteiger charge is 1.98. The zero-order valence-corrected chi connectivity index (χ0v) is 11.5. The van der Waals surface area contributed by atoms with Crippen molar-refractivity contribution in [1.82, 2.24) is 5.32 Å². The van der Waals surface area contributed by atoms with Gasteiger partial charge in [-0.3, -0.25) is 0 Å². The largest absolute Gasteiger partial charge is 0.323 e. The van der Waals surface area contributed by atoms with Crippen molar-refractivity contribution < 1.29 is 4.79 Å². The number of benzene rings is 2. The maximum Gasteiger partial charge on any atom is 0.323 e. The van der Waals surface area contributed by atoms with E-state index in [1.54, 1.807) is 6.20 Å². The number of carbonyl (C=O) groups excluding carboxylic acids is 1.